The number of aliphatic hydroxyl groups is 1. The first kappa shape index (κ1) is 15.3. The summed E-state index contributed by atoms with van der Waals surface area (Å²) in [5.41, 5.74) is 0.846. The number of ether oxygens (including phenoxy) is 1. The summed E-state index contributed by atoms with van der Waals surface area (Å²) in [5.74, 6) is -0.962. The lowest BCUT2D eigenvalue weighted by Gasteiger charge is -2.14. The van der Waals surface area contributed by atoms with Crippen LogP contribution in [0.2, 0.25) is 0 Å². The Balaban J connectivity index is 1.68. The van der Waals surface area contributed by atoms with E-state index in [4.69, 9.17) is 4.74 Å². The third kappa shape index (κ3) is 4.72. The molecule has 0 aromatic heterocycles. The molecule has 0 bridgehead atoms. The Hall–Kier alpha value is -2.14. The largest absolute Gasteiger partial charge is 0.459 e. The fraction of sp³-hybridized carbons (Fsp3) is 0.375. The van der Waals surface area contributed by atoms with Crippen LogP contribution in [-0.2, 0) is 20.9 Å². The van der Waals surface area contributed by atoms with Crippen LogP contribution in [0.3, 0.4) is 0 Å². The number of hydrogen-bond acceptors (Lipinski definition) is 4. The molecule has 0 radical (unpaired) electrons. The maximum atomic E-state index is 11.7. The Morgan fingerprint density at radius 3 is 2.57 bits per heavy atom. The van der Waals surface area contributed by atoms with Crippen molar-refractivity contribution in [2.45, 2.75) is 25.6 Å². The number of hydrogen-bond donors (Lipinski definition) is 2. The first-order chi connectivity index (χ1) is 10.2. The van der Waals surface area contributed by atoms with Gasteiger partial charge in [-0.2, -0.15) is 0 Å². The van der Waals surface area contributed by atoms with E-state index in [-0.39, 0.29) is 25.0 Å². The van der Waals surface area contributed by atoms with Crippen LogP contribution < -0.4 is 5.32 Å². The van der Waals surface area contributed by atoms with E-state index < -0.39 is 12.1 Å². The second-order valence-corrected chi connectivity index (χ2v) is 4.99. The van der Waals surface area contributed by atoms with Crippen molar-refractivity contribution < 1.29 is 19.4 Å². The lowest BCUT2D eigenvalue weighted by atomic mass is 10.1. The van der Waals surface area contributed by atoms with Crippen LogP contribution in [0.5, 0.6) is 0 Å². The zero-order valence-electron chi connectivity index (χ0n) is 11.7. The minimum atomic E-state index is -1.34. The first-order valence-corrected chi connectivity index (χ1v) is 6.98. The molecule has 5 nitrogen and oxygen atoms in total. The molecule has 1 aliphatic carbocycles. The molecule has 0 spiro atoms. The fourth-order valence-corrected chi connectivity index (χ4v) is 2.08. The van der Waals surface area contributed by atoms with Crippen molar-refractivity contribution in [2.24, 2.45) is 5.92 Å². The highest BCUT2D eigenvalue weighted by atomic mass is 16.5. The van der Waals surface area contributed by atoms with Gasteiger partial charge in [-0.1, -0.05) is 42.5 Å². The molecule has 1 aliphatic rings. The summed E-state index contributed by atoms with van der Waals surface area (Å²) < 4.78 is 5.00. The summed E-state index contributed by atoms with van der Waals surface area (Å²) in [5, 5.41) is 12.3. The molecule has 112 valence electrons. The Kier molecular flexibility index (Phi) is 5.51. The van der Waals surface area contributed by atoms with Crippen LogP contribution in [0.1, 0.15) is 18.4 Å². The lowest BCUT2D eigenvalue weighted by molar-refractivity contribution is -0.154. The summed E-state index contributed by atoms with van der Waals surface area (Å²) in [6.45, 7) is -0.0137. The average Bonchev–Trinajstić information content (AvgIpc) is 3.05. The summed E-state index contributed by atoms with van der Waals surface area (Å²) in [4.78, 5) is 23.4. The minimum Gasteiger partial charge on any atom is -0.459 e. The molecular weight excluding hydrogens is 270 g/mol. The highest BCUT2D eigenvalue weighted by Crippen LogP contribution is 2.17. The van der Waals surface area contributed by atoms with Gasteiger partial charge in [-0.25, -0.2) is 4.79 Å². The van der Waals surface area contributed by atoms with E-state index in [0.717, 1.165) is 5.56 Å². The molecule has 0 saturated carbocycles. The number of carbonyl (C=O) groups is 2. The standard InChI is InChI=1S/C16H19NO4/c18-14(10-17-15(19)13-8-4-5-9-13)16(20)21-11-12-6-2-1-3-7-12/h1-7,13-14,18H,8-11H2,(H,17,19)/t14-/m1/s1. The number of carbonyl (C=O) groups excluding carboxylic acids is 2. The fourth-order valence-electron chi connectivity index (χ4n) is 2.08. The number of benzene rings is 1. The number of allylic oxidation sites excluding steroid dienone is 2. The van der Waals surface area contributed by atoms with Crippen LogP contribution in [-0.4, -0.2) is 29.6 Å². The normalized spacial score (nSPS) is 15.7. The van der Waals surface area contributed by atoms with Crippen molar-refractivity contribution in [3.05, 3.63) is 48.0 Å². The smallest absolute Gasteiger partial charge is 0.337 e. The quantitative estimate of drug-likeness (QED) is 0.609. The topological polar surface area (TPSA) is 75.6 Å². The van der Waals surface area contributed by atoms with Gasteiger partial charge in [0.1, 0.15) is 6.61 Å². The number of aliphatic hydroxyl groups excluding tert-OH is 1. The van der Waals surface area contributed by atoms with Crippen LogP contribution in [0.4, 0.5) is 0 Å². The van der Waals surface area contributed by atoms with Gasteiger partial charge < -0.3 is 15.2 Å². The van der Waals surface area contributed by atoms with Gasteiger partial charge in [0, 0.05) is 5.92 Å². The number of nitrogens with one attached hydrogen (secondary N) is 1. The van der Waals surface area contributed by atoms with Crippen molar-refractivity contribution in [3.8, 4) is 0 Å². The van der Waals surface area contributed by atoms with Crippen molar-refractivity contribution in [1.29, 1.82) is 0 Å². The molecule has 2 rings (SSSR count). The molecule has 0 heterocycles. The summed E-state index contributed by atoms with van der Waals surface area (Å²) in [7, 11) is 0. The maximum Gasteiger partial charge on any atom is 0.337 e. The van der Waals surface area contributed by atoms with Gasteiger partial charge in [-0.05, 0) is 18.4 Å². The van der Waals surface area contributed by atoms with Crippen molar-refractivity contribution >= 4 is 11.9 Å². The van der Waals surface area contributed by atoms with E-state index in [1.54, 1.807) is 0 Å². The Labute approximate surface area is 123 Å². The van der Waals surface area contributed by atoms with E-state index in [1.807, 2.05) is 42.5 Å². The Morgan fingerprint density at radius 1 is 1.24 bits per heavy atom. The molecule has 1 aromatic rings. The highest BCUT2D eigenvalue weighted by molar-refractivity contribution is 5.81. The number of amides is 1. The molecule has 21 heavy (non-hydrogen) atoms. The summed E-state index contributed by atoms with van der Waals surface area (Å²) in [6, 6.07) is 9.21. The van der Waals surface area contributed by atoms with Gasteiger partial charge in [0.15, 0.2) is 6.10 Å². The molecule has 5 heteroatoms. The van der Waals surface area contributed by atoms with E-state index in [9.17, 15) is 14.7 Å². The second kappa shape index (κ2) is 7.59. The van der Waals surface area contributed by atoms with E-state index in [0.29, 0.717) is 12.8 Å². The zero-order valence-corrected chi connectivity index (χ0v) is 11.7. The van der Waals surface area contributed by atoms with Crippen LogP contribution >= 0.6 is 0 Å². The van der Waals surface area contributed by atoms with E-state index in [2.05, 4.69) is 5.32 Å². The summed E-state index contributed by atoms with van der Waals surface area (Å²) >= 11 is 0. The van der Waals surface area contributed by atoms with Gasteiger partial charge in [0.05, 0.1) is 6.54 Å². The summed E-state index contributed by atoms with van der Waals surface area (Å²) in [6.07, 6.45) is 3.98. The van der Waals surface area contributed by atoms with E-state index in [1.165, 1.54) is 0 Å². The van der Waals surface area contributed by atoms with Crippen LogP contribution in [0.15, 0.2) is 42.5 Å². The molecule has 2 N–H and O–H groups in total. The molecule has 0 unspecified atom stereocenters. The number of rotatable bonds is 6. The first-order valence-electron chi connectivity index (χ1n) is 6.98. The third-order valence-electron chi connectivity index (χ3n) is 3.34. The van der Waals surface area contributed by atoms with Crippen molar-refractivity contribution in [2.75, 3.05) is 6.54 Å². The van der Waals surface area contributed by atoms with Gasteiger partial charge in [-0.3, -0.25) is 4.79 Å². The highest BCUT2D eigenvalue weighted by Gasteiger charge is 2.22. The van der Waals surface area contributed by atoms with Crippen molar-refractivity contribution in [1.82, 2.24) is 5.32 Å². The van der Waals surface area contributed by atoms with E-state index >= 15 is 0 Å². The van der Waals surface area contributed by atoms with Crippen LogP contribution in [0.25, 0.3) is 0 Å². The van der Waals surface area contributed by atoms with Gasteiger partial charge in [0.25, 0.3) is 0 Å². The second-order valence-electron chi connectivity index (χ2n) is 4.99. The van der Waals surface area contributed by atoms with Gasteiger partial charge in [-0.15, -0.1) is 0 Å². The molecular formula is C16H19NO4. The Morgan fingerprint density at radius 2 is 1.90 bits per heavy atom. The lowest BCUT2D eigenvalue weighted by Crippen LogP contribution is -2.39. The third-order valence-corrected chi connectivity index (χ3v) is 3.34. The monoisotopic (exact) mass is 289 g/mol. The molecule has 1 atom stereocenters. The average molecular weight is 289 g/mol. The molecule has 0 aliphatic heterocycles. The zero-order chi connectivity index (χ0) is 15.1. The number of esters is 1. The predicted octanol–water partition coefficient (Wildman–Crippen LogP) is 1.17. The molecule has 0 fully saturated rings. The molecule has 0 saturated heterocycles. The molecule has 1 aromatic carbocycles. The SMILES string of the molecule is O=C(NC[C@@H](O)C(=O)OCc1ccccc1)C1CC=CC1. The minimum absolute atomic E-state index is 0.0856. The predicted molar refractivity (Wildman–Crippen MR) is 77.1 cm³/mol. The van der Waals surface area contributed by atoms with Crippen molar-refractivity contribution in [3.63, 3.8) is 0 Å². The van der Waals surface area contributed by atoms with Crippen LogP contribution in [0, 0.1) is 5.92 Å². The van der Waals surface area contributed by atoms with Gasteiger partial charge >= 0.3 is 5.97 Å². The Bertz CT molecular complexity index is 504. The maximum absolute atomic E-state index is 11.7. The molecule has 1 amide bonds. The van der Waals surface area contributed by atoms with Gasteiger partial charge in [0.2, 0.25) is 5.91 Å².